The van der Waals surface area contributed by atoms with E-state index in [4.69, 9.17) is 0 Å². The third-order valence-electron chi connectivity index (χ3n) is 5.75. The summed E-state index contributed by atoms with van der Waals surface area (Å²) in [6.07, 6.45) is 6.71. The molecule has 0 aromatic heterocycles. The summed E-state index contributed by atoms with van der Waals surface area (Å²) in [4.78, 5) is 4.23. The van der Waals surface area contributed by atoms with Gasteiger partial charge in [-0.15, -0.1) is 24.0 Å². The molecule has 6 nitrogen and oxygen atoms in total. The zero-order valence-corrected chi connectivity index (χ0v) is 19.6. The van der Waals surface area contributed by atoms with E-state index in [1.165, 1.54) is 19.3 Å². The van der Waals surface area contributed by atoms with Crippen LogP contribution in [-0.4, -0.2) is 56.9 Å². The first-order chi connectivity index (χ1) is 12.7. The SMILES string of the molecule is CCC1CCC(NC(=NC)NCC2CCN(S(=O)(=O)C(F)(F)F)CC2)CC1.I. The molecule has 0 atom stereocenters. The van der Waals surface area contributed by atoms with Gasteiger partial charge >= 0.3 is 15.5 Å². The lowest BCUT2D eigenvalue weighted by Gasteiger charge is -2.32. The molecule has 0 radical (unpaired) electrons. The predicted octanol–water partition coefficient (Wildman–Crippen LogP) is 3.30. The molecule has 2 fully saturated rings. The molecular formula is C17H32F3IN4O2S. The maximum absolute atomic E-state index is 12.6. The lowest BCUT2D eigenvalue weighted by Crippen LogP contribution is -2.48. The van der Waals surface area contributed by atoms with E-state index in [1.807, 2.05) is 0 Å². The minimum absolute atomic E-state index is 0. The molecule has 0 unspecified atom stereocenters. The number of sulfonamides is 1. The Hall–Kier alpha value is -0.300. The van der Waals surface area contributed by atoms with Crippen molar-refractivity contribution in [3.05, 3.63) is 0 Å². The minimum Gasteiger partial charge on any atom is -0.356 e. The number of aliphatic imine (C=N–C) groups is 1. The van der Waals surface area contributed by atoms with Gasteiger partial charge in [-0.25, -0.2) is 8.42 Å². The summed E-state index contributed by atoms with van der Waals surface area (Å²) < 4.78 is 61.3. The summed E-state index contributed by atoms with van der Waals surface area (Å²) in [6.45, 7) is 2.61. The van der Waals surface area contributed by atoms with E-state index < -0.39 is 15.5 Å². The van der Waals surface area contributed by atoms with E-state index in [-0.39, 0.29) is 43.0 Å². The molecule has 1 heterocycles. The molecular weight excluding hydrogens is 508 g/mol. The monoisotopic (exact) mass is 540 g/mol. The number of hydrogen-bond donors (Lipinski definition) is 2. The largest absolute Gasteiger partial charge is 0.511 e. The summed E-state index contributed by atoms with van der Waals surface area (Å²) in [7, 11) is -3.51. The van der Waals surface area contributed by atoms with E-state index in [0.29, 0.717) is 35.7 Å². The predicted molar refractivity (Wildman–Crippen MR) is 115 cm³/mol. The van der Waals surface area contributed by atoms with E-state index in [0.717, 1.165) is 18.8 Å². The molecule has 0 bridgehead atoms. The van der Waals surface area contributed by atoms with Crippen molar-refractivity contribution in [1.29, 1.82) is 0 Å². The second-order valence-corrected chi connectivity index (χ2v) is 9.45. The Balaban J connectivity index is 0.00000392. The number of nitrogens with one attached hydrogen (secondary N) is 2. The Labute approximate surface area is 183 Å². The summed E-state index contributed by atoms with van der Waals surface area (Å²) >= 11 is 0. The van der Waals surface area contributed by atoms with Crippen molar-refractivity contribution < 1.29 is 21.6 Å². The zero-order valence-electron chi connectivity index (χ0n) is 16.5. The van der Waals surface area contributed by atoms with Gasteiger partial charge in [-0.2, -0.15) is 17.5 Å². The van der Waals surface area contributed by atoms with Crippen LogP contribution in [0.5, 0.6) is 0 Å². The van der Waals surface area contributed by atoms with Crippen molar-refractivity contribution in [1.82, 2.24) is 14.9 Å². The van der Waals surface area contributed by atoms with Crippen molar-refractivity contribution >= 4 is 40.0 Å². The third-order valence-corrected chi connectivity index (χ3v) is 7.38. The molecule has 0 aromatic carbocycles. The summed E-state index contributed by atoms with van der Waals surface area (Å²) in [5.41, 5.74) is -5.22. The Bertz CT molecular complexity index is 600. The van der Waals surface area contributed by atoms with Crippen molar-refractivity contribution in [3.8, 4) is 0 Å². The molecule has 1 saturated carbocycles. The number of piperidine rings is 1. The van der Waals surface area contributed by atoms with Gasteiger partial charge < -0.3 is 10.6 Å². The highest BCUT2D eigenvalue weighted by Crippen LogP contribution is 2.30. The fourth-order valence-electron chi connectivity index (χ4n) is 3.84. The number of halogens is 4. The highest BCUT2D eigenvalue weighted by atomic mass is 127. The van der Waals surface area contributed by atoms with Crippen LogP contribution in [0.3, 0.4) is 0 Å². The summed E-state index contributed by atoms with van der Waals surface area (Å²) in [5, 5.41) is 6.67. The lowest BCUT2D eigenvalue weighted by molar-refractivity contribution is -0.0496. The molecule has 2 aliphatic rings. The van der Waals surface area contributed by atoms with Crippen LogP contribution in [-0.2, 0) is 10.0 Å². The van der Waals surface area contributed by atoms with Crippen LogP contribution >= 0.6 is 24.0 Å². The molecule has 28 heavy (non-hydrogen) atoms. The van der Waals surface area contributed by atoms with Gasteiger partial charge in [0.05, 0.1) is 0 Å². The van der Waals surface area contributed by atoms with Gasteiger partial charge in [0, 0.05) is 32.7 Å². The van der Waals surface area contributed by atoms with Crippen LogP contribution in [0.2, 0.25) is 0 Å². The fraction of sp³-hybridized carbons (Fsp3) is 0.941. The smallest absolute Gasteiger partial charge is 0.356 e. The maximum Gasteiger partial charge on any atom is 0.511 e. The van der Waals surface area contributed by atoms with Crippen molar-refractivity contribution in [2.75, 3.05) is 26.7 Å². The van der Waals surface area contributed by atoms with E-state index in [2.05, 4.69) is 22.5 Å². The number of guanidine groups is 1. The van der Waals surface area contributed by atoms with Gasteiger partial charge in [-0.1, -0.05) is 13.3 Å². The molecule has 2 N–H and O–H groups in total. The number of hydrogen-bond acceptors (Lipinski definition) is 3. The van der Waals surface area contributed by atoms with Crippen LogP contribution in [0.4, 0.5) is 13.2 Å². The first-order valence-corrected chi connectivity index (χ1v) is 11.1. The lowest BCUT2D eigenvalue weighted by atomic mass is 9.84. The average Bonchev–Trinajstić information content (AvgIpc) is 2.65. The van der Waals surface area contributed by atoms with Gasteiger partial charge in [-0.05, 0) is 50.4 Å². The second kappa shape index (κ2) is 11.2. The normalized spacial score (nSPS) is 25.8. The second-order valence-electron chi connectivity index (χ2n) is 7.52. The van der Waals surface area contributed by atoms with Gasteiger partial charge in [0.2, 0.25) is 0 Å². The maximum atomic E-state index is 12.6. The summed E-state index contributed by atoms with van der Waals surface area (Å²) in [5.74, 6) is 1.65. The molecule has 1 saturated heterocycles. The first kappa shape index (κ1) is 25.7. The third kappa shape index (κ3) is 6.89. The topological polar surface area (TPSA) is 73.8 Å². The van der Waals surface area contributed by atoms with Crippen LogP contribution in [0, 0.1) is 11.8 Å². The molecule has 0 amide bonds. The number of alkyl halides is 3. The van der Waals surface area contributed by atoms with Crippen molar-refractivity contribution in [3.63, 3.8) is 0 Å². The Morgan fingerprint density at radius 2 is 1.64 bits per heavy atom. The molecule has 1 aliphatic carbocycles. The Morgan fingerprint density at radius 1 is 1.07 bits per heavy atom. The highest BCUT2D eigenvalue weighted by molar-refractivity contribution is 14.0. The van der Waals surface area contributed by atoms with Gasteiger partial charge in [-0.3, -0.25) is 4.99 Å². The van der Waals surface area contributed by atoms with Gasteiger partial charge in [0.25, 0.3) is 0 Å². The summed E-state index contributed by atoms with van der Waals surface area (Å²) in [6, 6.07) is 0.401. The number of nitrogens with zero attached hydrogens (tertiary/aromatic N) is 2. The van der Waals surface area contributed by atoms with E-state index in [1.54, 1.807) is 7.05 Å². The molecule has 2 rings (SSSR count). The standard InChI is InChI=1S/C17H31F3N4O2S.HI/c1-3-13-4-6-15(7-5-13)23-16(21-2)22-12-14-8-10-24(11-9-14)27(25,26)17(18,19)20;/h13-15H,3-12H2,1-2H3,(H2,21,22,23);1H. The molecule has 11 heteroatoms. The fourth-order valence-corrected chi connectivity index (χ4v) is 4.83. The highest BCUT2D eigenvalue weighted by Gasteiger charge is 2.50. The van der Waals surface area contributed by atoms with Crippen molar-refractivity contribution in [2.45, 2.75) is 63.4 Å². The minimum atomic E-state index is -5.22. The number of rotatable bonds is 5. The van der Waals surface area contributed by atoms with Crippen LogP contribution in [0.25, 0.3) is 0 Å². The van der Waals surface area contributed by atoms with Crippen LogP contribution in [0.15, 0.2) is 4.99 Å². The molecule has 0 aromatic rings. The Kier molecular flexibility index (Phi) is 10.3. The zero-order chi connectivity index (χ0) is 20.1. The van der Waals surface area contributed by atoms with Gasteiger partial charge in [0.15, 0.2) is 5.96 Å². The quantitative estimate of drug-likeness (QED) is 0.319. The van der Waals surface area contributed by atoms with E-state index >= 15 is 0 Å². The molecule has 0 spiro atoms. The van der Waals surface area contributed by atoms with Gasteiger partial charge in [0.1, 0.15) is 0 Å². The first-order valence-electron chi connectivity index (χ1n) is 9.71. The molecule has 1 aliphatic heterocycles. The van der Waals surface area contributed by atoms with Crippen LogP contribution in [0.1, 0.15) is 51.9 Å². The Morgan fingerprint density at radius 3 is 2.11 bits per heavy atom. The molecule has 166 valence electrons. The van der Waals surface area contributed by atoms with Crippen molar-refractivity contribution in [2.24, 2.45) is 16.8 Å². The average molecular weight is 540 g/mol. The van der Waals surface area contributed by atoms with Crippen LogP contribution < -0.4 is 10.6 Å². The van der Waals surface area contributed by atoms with E-state index in [9.17, 15) is 21.6 Å².